The zero-order valence-electron chi connectivity index (χ0n) is 17.9. The van der Waals surface area contributed by atoms with E-state index in [1.54, 1.807) is 0 Å². The van der Waals surface area contributed by atoms with Crippen LogP contribution in [-0.2, 0) is 5.41 Å². The van der Waals surface area contributed by atoms with E-state index < -0.39 is 0 Å². The minimum absolute atomic E-state index is 0.115. The molecule has 0 radical (unpaired) electrons. The van der Waals surface area contributed by atoms with Gasteiger partial charge in [-0.25, -0.2) is 0 Å². The molecule has 152 valence electrons. The molecule has 3 atom stereocenters. The maximum Gasteiger partial charge on any atom is 0.167 e. The largest absolute Gasteiger partial charge is 0.294 e. The smallest absolute Gasteiger partial charge is 0.167 e. The van der Waals surface area contributed by atoms with Crippen LogP contribution in [0.15, 0.2) is 84.9 Å². The van der Waals surface area contributed by atoms with Crippen molar-refractivity contribution in [2.45, 2.75) is 24.2 Å². The van der Waals surface area contributed by atoms with Gasteiger partial charge < -0.3 is 0 Å². The molecule has 5 aliphatic rings. The molecule has 0 heterocycles. The summed E-state index contributed by atoms with van der Waals surface area (Å²) in [6.07, 6.45) is 4.76. The zero-order chi connectivity index (χ0) is 21.2. The molecule has 1 spiro atoms. The number of allylic oxidation sites excluding steroid dienone is 1. The van der Waals surface area contributed by atoms with Crippen LogP contribution >= 0.6 is 0 Å². The second-order valence-electron chi connectivity index (χ2n) is 10.00. The first kappa shape index (κ1) is 17.1. The number of carbonyl (C=O) groups is 1. The number of hydrogen-bond acceptors (Lipinski definition) is 1. The van der Waals surface area contributed by atoms with Crippen molar-refractivity contribution in [1.82, 2.24) is 0 Å². The van der Waals surface area contributed by atoms with Crippen LogP contribution in [0.3, 0.4) is 0 Å². The fourth-order valence-corrected chi connectivity index (χ4v) is 7.99. The van der Waals surface area contributed by atoms with Gasteiger partial charge in [-0.05, 0) is 56.1 Å². The molecule has 0 amide bonds. The summed E-state index contributed by atoms with van der Waals surface area (Å²) in [7, 11) is 0. The Bertz CT molecular complexity index is 1490. The molecule has 1 nitrogen and oxygen atoms in total. The highest BCUT2D eigenvalue weighted by Gasteiger charge is 2.65. The second kappa shape index (κ2) is 5.48. The van der Waals surface area contributed by atoms with Crippen LogP contribution < -0.4 is 0 Å². The van der Waals surface area contributed by atoms with E-state index in [0.29, 0.717) is 23.5 Å². The molecular formula is C31H22O. The molecular weight excluding hydrogens is 388 g/mol. The van der Waals surface area contributed by atoms with Gasteiger partial charge in [0.15, 0.2) is 5.78 Å². The second-order valence-corrected chi connectivity index (χ2v) is 10.00. The maximum atomic E-state index is 14.3. The Morgan fingerprint density at radius 2 is 1.47 bits per heavy atom. The molecule has 0 aliphatic heterocycles. The third-order valence-corrected chi connectivity index (χ3v) is 9.00. The Balaban J connectivity index is 1.60. The minimum atomic E-state index is -0.307. The van der Waals surface area contributed by atoms with Crippen molar-refractivity contribution in [2.24, 2.45) is 11.8 Å². The van der Waals surface area contributed by atoms with Gasteiger partial charge in [0.05, 0.1) is 0 Å². The first-order valence-corrected chi connectivity index (χ1v) is 11.7. The fourth-order valence-electron chi connectivity index (χ4n) is 7.99. The monoisotopic (exact) mass is 410 g/mol. The van der Waals surface area contributed by atoms with Gasteiger partial charge in [0.1, 0.15) is 0 Å². The van der Waals surface area contributed by atoms with Crippen molar-refractivity contribution < 1.29 is 4.79 Å². The summed E-state index contributed by atoms with van der Waals surface area (Å²) in [5.74, 6) is 1.20. The van der Waals surface area contributed by atoms with Gasteiger partial charge in [0.25, 0.3) is 0 Å². The molecule has 0 fully saturated rings. The van der Waals surface area contributed by atoms with Gasteiger partial charge in [-0.2, -0.15) is 0 Å². The van der Waals surface area contributed by atoms with Crippen molar-refractivity contribution >= 4 is 22.6 Å². The molecule has 1 heteroatoms. The van der Waals surface area contributed by atoms with Crippen molar-refractivity contribution in [1.29, 1.82) is 0 Å². The molecule has 0 aromatic heterocycles. The van der Waals surface area contributed by atoms with Crippen LogP contribution in [0.1, 0.15) is 62.5 Å². The number of hydrogen-bond donors (Lipinski definition) is 0. The molecule has 5 aliphatic carbocycles. The molecule has 4 aromatic carbocycles. The van der Waals surface area contributed by atoms with E-state index in [2.05, 4.69) is 97.9 Å². The van der Waals surface area contributed by atoms with E-state index in [1.165, 1.54) is 38.8 Å². The summed E-state index contributed by atoms with van der Waals surface area (Å²) in [5.41, 5.74) is 8.82. The molecule has 9 rings (SSSR count). The van der Waals surface area contributed by atoms with E-state index in [9.17, 15) is 4.79 Å². The molecule has 32 heavy (non-hydrogen) atoms. The standard InChI is InChI=1S/C31H22O/c1-17-30(32)28-20-9-3-2-8-18(20)16-19-14-15-23-27-21-10-4-6-12-24(21)31(17,29(23)26(19)28)25-13-7-5-11-22(25)27/h2-17,23,27,29H,1H3. The predicted molar refractivity (Wildman–Crippen MR) is 128 cm³/mol. The summed E-state index contributed by atoms with van der Waals surface area (Å²) in [4.78, 5) is 14.3. The number of Topliss-reactive ketones (excluding diaryl/α,β-unsaturated/α-hetero) is 1. The number of fused-ring (bicyclic) bond motifs is 2. The first-order valence-electron chi connectivity index (χ1n) is 11.7. The topological polar surface area (TPSA) is 17.1 Å². The van der Waals surface area contributed by atoms with Crippen molar-refractivity contribution in [2.75, 3.05) is 0 Å². The summed E-state index contributed by atoms with van der Waals surface area (Å²) < 4.78 is 0. The van der Waals surface area contributed by atoms with E-state index in [1.807, 2.05) is 0 Å². The lowest BCUT2D eigenvalue weighted by molar-refractivity contribution is 0.0782. The molecule has 0 N–H and O–H groups in total. The van der Waals surface area contributed by atoms with Crippen LogP contribution in [0.25, 0.3) is 16.8 Å². The van der Waals surface area contributed by atoms with Crippen LogP contribution in [0.4, 0.5) is 0 Å². The lowest BCUT2D eigenvalue weighted by atomic mass is 9.39. The van der Waals surface area contributed by atoms with Crippen LogP contribution in [-0.4, -0.2) is 5.78 Å². The molecule has 3 unspecified atom stereocenters. The third kappa shape index (κ3) is 1.65. The molecule has 0 saturated carbocycles. The van der Waals surface area contributed by atoms with Gasteiger partial charge >= 0.3 is 0 Å². The fraction of sp³-hybridized carbons (Fsp3) is 0.194. The number of ketones is 1. The van der Waals surface area contributed by atoms with Crippen molar-refractivity contribution in [3.05, 3.63) is 124 Å². The highest BCUT2D eigenvalue weighted by atomic mass is 16.1. The Morgan fingerprint density at radius 1 is 0.812 bits per heavy atom. The van der Waals surface area contributed by atoms with Crippen molar-refractivity contribution in [3.8, 4) is 0 Å². The minimum Gasteiger partial charge on any atom is -0.294 e. The predicted octanol–water partition coefficient (Wildman–Crippen LogP) is 6.84. The SMILES string of the molecule is CC1C(=O)c2c3c(cc4ccccc24)C=CC2C4c5ccccc5C1(c1ccccc14)C32. The van der Waals surface area contributed by atoms with Gasteiger partial charge in [0.2, 0.25) is 0 Å². The molecule has 0 saturated heterocycles. The highest BCUT2D eigenvalue weighted by Crippen LogP contribution is 2.71. The molecule has 4 aromatic rings. The summed E-state index contributed by atoms with van der Waals surface area (Å²) in [5, 5.41) is 2.29. The summed E-state index contributed by atoms with van der Waals surface area (Å²) in [6, 6.07) is 28.6. The van der Waals surface area contributed by atoms with Crippen LogP contribution in [0.5, 0.6) is 0 Å². The highest BCUT2D eigenvalue weighted by molar-refractivity contribution is 6.14. The van der Waals surface area contributed by atoms with Gasteiger partial charge in [-0.3, -0.25) is 4.79 Å². The van der Waals surface area contributed by atoms with E-state index >= 15 is 0 Å². The van der Waals surface area contributed by atoms with Gasteiger partial charge in [-0.1, -0.05) is 91.9 Å². The maximum absolute atomic E-state index is 14.3. The van der Waals surface area contributed by atoms with E-state index in [0.717, 1.165) is 10.9 Å². The third-order valence-electron chi connectivity index (χ3n) is 9.00. The lowest BCUT2D eigenvalue weighted by Crippen LogP contribution is -2.58. The Morgan fingerprint density at radius 3 is 2.22 bits per heavy atom. The lowest BCUT2D eigenvalue weighted by Gasteiger charge is -2.62. The van der Waals surface area contributed by atoms with Crippen LogP contribution in [0, 0.1) is 11.8 Å². The Hall–Kier alpha value is -3.45. The van der Waals surface area contributed by atoms with Crippen LogP contribution in [0.2, 0.25) is 0 Å². The number of benzene rings is 4. The normalized spacial score (nSPS) is 30.1. The number of rotatable bonds is 0. The first-order chi connectivity index (χ1) is 15.7. The Labute approximate surface area is 187 Å². The quantitative estimate of drug-likeness (QED) is 0.310. The summed E-state index contributed by atoms with van der Waals surface area (Å²) >= 11 is 0. The number of carbonyl (C=O) groups excluding carboxylic acids is 1. The van der Waals surface area contributed by atoms with Gasteiger partial charge in [0, 0.05) is 28.7 Å². The average Bonchev–Trinajstić information content (AvgIpc) is 2.85. The van der Waals surface area contributed by atoms with E-state index in [-0.39, 0.29) is 11.3 Å². The molecule has 2 bridgehead atoms. The van der Waals surface area contributed by atoms with Crippen molar-refractivity contribution in [3.63, 3.8) is 0 Å². The van der Waals surface area contributed by atoms with Gasteiger partial charge in [-0.15, -0.1) is 0 Å². The zero-order valence-corrected chi connectivity index (χ0v) is 17.9. The average molecular weight is 411 g/mol. The summed E-state index contributed by atoms with van der Waals surface area (Å²) in [6.45, 7) is 2.20. The Kier molecular flexibility index (Phi) is 2.93. The van der Waals surface area contributed by atoms with E-state index in [4.69, 9.17) is 0 Å².